The number of nitrogens with one attached hydrogen (secondary N) is 1. The summed E-state index contributed by atoms with van der Waals surface area (Å²) in [5.74, 6) is 0.244. The van der Waals surface area contributed by atoms with Crippen molar-refractivity contribution in [3.05, 3.63) is 28.2 Å². The van der Waals surface area contributed by atoms with Crippen molar-refractivity contribution in [3.8, 4) is 0 Å². The summed E-state index contributed by atoms with van der Waals surface area (Å²) in [6.07, 6.45) is 1.42. The van der Waals surface area contributed by atoms with E-state index in [4.69, 9.17) is 0 Å². The summed E-state index contributed by atoms with van der Waals surface area (Å²) in [6.45, 7) is 4.25. The van der Waals surface area contributed by atoms with E-state index in [0.29, 0.717) is 10.8 Å². The predicted octanol–water partition coefficient (Wildman–Crippen LogP) is 1.80. The van der Waals surface area contributed by atoms with E-state index in [1.54, 1.807) is 20.2 Å². The molecule has 0 fully saturated rings. The number of carbonyl (C=O) groups is 2. The zero-order chi connectivity index (χ0) is 16.3. The second-order valence-electron chi connectivity index (χ2n) is 5.36. The number of carbonyl (C=O) groups excluding carboxylic acids is 2. The molecule has 0 aliphatic rings. The molecule has 0 saturated heterocycles. The number of aromatic nitrogens is 3. The Labute approximate surface area is 133 Å². The van der Waals surface area contributed by atoms with Gasteiger partial charge in [-0.2, -0.15) is 0 Å². The van der Waals surface area contributed by atoms with E-state index in [0.717, 1.165) is 4.88 Å². The molecule has 2 heterocycles. The molecule has 2 amide bonds. The zero-order valence-electron chi connectivity index (χ0n) is 13.0. The second-order valence-corrected chi connectivity index (χ2v) is 6.48. The molecule has 1 N–H and O–H groups in total. The molecule has 0 atom stereocenters. The van der Waals surface area contributed by atoms with E-state index >= 15 is 0 Å². The average molecular weight is 321 g/mol. The molecule has 7 nitrogen and oxygen atoms in total. The molecule has 0 unspecified atom stereocenters. The molecular weight excluding hydrogens is 302 g/mol. The maximum absolute atomic E-state index is 12.1. The number of amides is 2. The van der Waals surface area contributed by atoms with Gasteiger partial charge in [-0.1, -0.05) is 13.8 Å². The normalized spacial score (nSPS) is 10.8. The van der Waals surface area contributed by atoms with E-state index in [2.05, 4.69) is 29.2 Å². The molecule has 0 aliphatic heterocycles. The highest BCUT2D eigenvalue weighted by atomic mass is 32.1. The summed E-state index contributed by atoms with van der Waals surface area (Å²) >= 11 is 1.45. The lowest BCUT2D eigenvalue weighted by Gasteiger charge is -2.08. The maximum Gasteiger partial charge on any atom is 0.268 e. The van der Waals surface area contributed by atoms with Crippen LogP contribution in [0.3, 0.4) is 0 Å². The van der Waals surface area contributed by atoms with Gasteiger partial charge in [-0.15, -0.1) is 16.4 Å². The van der Waals surface area contributed by atoms with Crippen molar-refractivity contribution < 1.29 is 9.59 Å². The van der Waals surface area contributed by atoms with Gasteiger partial charge in [-0.05, 0) is 18.1 Å². The van der Waals surface area contributed by atoms with Gasteiger partial charge in [-0.3, -0.25) is 14.9 Å². The fourth-order valence-electron chi connectivity index (χ4n) is 1.66. The van der Waals surface area contributed by atoms with E-state index in [1.807, 2.05) is 6.07 Å². The lowest BCUT2D eigenvalue weighted by Crippen LogP contribution is -2.26. The number of rotatable bonds is 5. The Balaban J connectivity index is 2.00. The van der Waals surface area contributed by atoms with Crippen molar-refractivity contribution in [2.75, 3.05) is 19.4 Å². The van der Waals surface area contributed by atoms with Crippen LogP contribution in [-0.4, -0.2) is 45.6 Å². The van der Waals surface area contributed by atoms with Crippen LogP contribution in [0.15, 0.2) is 18.5 Å². The van der Waals surface area contributed by atoms with Gasteiger partial charge in [0.2, 0.25) is 11.9 Å². The molecule has 0 radical (unpaired) electrons. The molecule has 2 aromatic heterocycles. The lowest BCUT2D eigenvalue weighted by molar-refractivity contribution is -0.129. The van der Waals surface area contributed by atoms with Crippen LogP contribution in [0.25, 0.3) is 0 Å². The largest absolute Gasteiger partial charge is 0.347 e. The fourth-order valence-corrected chi connectivity index (χ4v) is 2.56. The molecule has 2 aromatic rings. The molecule has 0 saturated carbocycles. The van der Waals surface area contributed by atoms with E-state index in [1.165, 1.54) is 27.2 Å². The van der Waals surface area contributed by atoms with Crippen LogP contribution in [0.2, 0.25) is 0 Å². The molecule has 0 bridgehead atoms. The van der Waals surface area contributed by atoms with E-state index < -0.39 is 0 Å². The second kappa shape index (κ2) is 6.69. The Bertz CT molecular complexity index is 674. The highest BCUT2D eigenvalue weighted by Crippen LogP contribution is 2.24. The Kier molecular flexibility index (Phi) is 4.92. The third-order valence-electron chi connectivity index (χ3n) is 2.98. The summed E-state index contributed by atoms with van der Waals surface area (Å²) in [7, 11) is 3.34. The summed E-state index contributed by atoms with van der Waals surface area (Å²) in [6, 6.07) is 3.74. The number of nitrogens with zero attached hydrogens (tertiary/aromatic N) is 4. The van der Waals surface area contributed by atoms with Crippen molar-refractivity contribution >= 4 is 29.1 Å². The van der Waals surface area contributed by atoms with Crippen molar-refractivity contribution in [2.24, 2.45) is 0 Å². The fraction of sp³-hybridized carbons (Fsp3) is 0.429. The van der Waals surface area contributed by atoms with E-state index in [9.17, 15) is 9.59 Å². The Hall–Kier alpha value is -2.22. The van der Waals surface area contributed by atoms with E-state index in [-0.39, 0.29) is 24.3 Å². The first-order valence-electron chi connectivity index (χ1n) is 6.87. The van der Waals surface area contributed by atoms with Crippen molar-refractivity contribution in [2.45, 2.75) is 26.3 Å². The number of hydrogen-bond acceptors (Lipinski definition) is 5. The van der Waals surface area contributed by atoms with Crippen LogP contribution in [0.5, 0.6) is 0 Å². The Morgan fingerprint density at radius 2 is 2.09 bits per heavy atom. The Morgan fingerprint density at radius 3 is 2.68 bits per heavy atom. The average Bonchev–Trinajstić information content (AvgIpc) is 3.07. The van der Waals surface area contributed by atoms with Crippen LogP contribution in [-0.2, 0) is 11.3 Å². The minimum absolute atomic E-state index is 0.0897. The van der Waals surface area contributed by atoms with Gasteiger partial charge < -0.3 is 4.90 Å². The first-order valence-corrected chi connectivity index (χ1v) is 7.69. The molecule has 22 heavy (non-hydrogen) atoms. The van der Waals surface area contributed by atoms with Crippen LogP contribution in [0.1, 0.15) is 34.3 Å². The SMILES string of the molecule is CC(C)c1ccc(C(=O)Nc2ncn(CC(=O)N(C)C)n2)s1. The smallest absolute Gasteiger partial charge is 0.268 e. The molecule has 8 heteroatoms. The maximum atomic E-state index is 12.1. The summed E-state index contributed by atoms with van der Waals surface area (Å²) in [5.41, 5.74) is 0. The van der Waals surface area contributed by atoms with Gasteiger partial charge in [0.05, 0.1) is 4.88 Å². The number of thiophene rings is 1. The van der Waals surface area contributed by atoms with Crippen molar-refractivity contribution in [1.82, 2.24) is 19.7 Å². The zero-order valence-corrected chi connectivity index (χ0v) is 13.8. The summed E-state index contributed by atoms with van der Waals surface area (Å²) in [5, 5.41) is 6.71. The quantitative estimate of drug-likeness (QED) is 0.910. The molecular formula is C14H19N5O2S. The molecule has 0 aliphatic carbocycles. The third-order valence-corrected chi connectivity index (χ3v) is 4.36. The van der Waals surface area contributed by atoms with Gasteiger partial charge in [0.15, 0.2) is 0 Å². The first-order chi connectivity index (χ1) is 10.4. The predicted molar refractivity (Wildman–Crippen MR) is 85.1 cm³/mol. The molecule has 2 rings (SSSR count). The Morgan fingerprint density at radius 1 is 1.36 bits per heavy atom. The molecule has 0 aromatic carbocycles. The number of likely N-dealkylation sites (N-methyl/N-ethyl adjacent to an activating group) is 1. The van der Waals surface area contributed by atoms with Gasteiger partial charge >= 0.3 is 0 Å². The van der Waals surface area contributed by atoms with Crippen LogP contribution >= 0.6 is 11.3 Å². The topological polar surface area (TPSA) is 80.1 Å². The number of hydrogen-bond donors (Lipinski definition) is 1. The highest BCUT2D eigenvalue weighted by molar-refractivity contribution is 7.14. The molecule has 118 valence electrons. The van der Waals surface area contributed by atoms with Gasteiger partial charge in [0.1, 0.15) is 12.9 Å². The standard InChI is InChI=1S/C14H19N5O2S/c1-9(2)10-5-6-11(22-10)13(21)16-14-15-8-19(17-14)7-12(20)18(3)4/h5-6,8-9H,7H2,1-4H3,(H,16,17,21). The monoisotopic (exact) mass is 321 g/mol. The highest BCUT2D eigenvalue weighted by Gasteiger charge is 2.14. The van der Waals surface area contributed by atoms with Crippen LogP contribution in [0.4, 0.5) is 5.95 Å². The van der Waals surface area contributed by atoms with Crippen LogP contribution in [0, 0.1) is 0 Å². The summed E-state index contributed by atoms with van der Waals surface area (Å²) < 4.78 is 1.39. The third kappa shape index (κ3) is 3.91. The van der Waals surface area contributed by atoms with Crippen molar-refractivity contribution in [3.63, 3.8) is 0 Å². The van der Waals surface area contributed by atoms with Crippen molar-refractivity contribution in [1.29, 1.82) is 0 Å². The minimum atomic E-state index is -0.242. The van der Waals surface area contributed by atoms with Gasteiger partial charge in [0, 0.05) is 19.0 Å². The van der Waals surface area contributed by atoms with Gasteiger partial charge in [-0.25, -0.2) is 9.67 Å². The minimum Gasteiger partial charge on any atom is -0.347 e. The lowest BCUT2D eigenvalue weighted by atomic mass is 10.2. The summed E-state index contributed by atoms with van der Waals surface area (Å²) in [4.78, 5) is 30.9. The number of anilines is 1. The van der Waals surface area contributed by atoms with Gasteiger partial charge in [0.25, 0.3) is 5.91 Å². The van der Waals surface area contributed by atoms with Crippen LogP contribution < -0.4 is 5.32 Å². The first kappa shape index (κ1) is 16.2. The molecule has 0 spiro atoms.